The molecule has 2 aliphatic heterocycles. The molecule has 0 radical (unpaired) electrons. The lowest BCUT2D eigenvalue weighted by molar-refractivity contribution is 0.00952. The Morgan fingerprint density at radius 3 is 1.94 bits per heavy atom. The van der Waals surface area contributed by atoms with Crippen LogP contribution in [0.15, 0.2) is 0 Å². The maximum absolute atomic E-state index is 2.77. The van der Waals surface area contributed by atoms with Crippen LogP contribution in [-0.4, -0.2) is 48.6 Å². The third kappa shape index (κ3) is 3.03. The van der Waals surface area contributed by atoms with Gasteiger partial charge in [0.25, 0.3) is 0 Å². The van der Waals surface area contributed by atoms with Gasteiger partial charge in [-0.25, -0.2) is 0 Å². The third-order valence-corrected chi connectivity index (χ3v) is 5.32. The van der Waals surface area contributed by atoms with Crippen molar-refractivity contribution in [2.45, 2.75) is 52.0 Å². The van der Waals surface area contributed by atoms with Crippen molar-refractivity contribution in [3.05, 3.63) is 0 Å². The molecule has 0 amide bonds. The van der Waals surface area contributed by atoms with Gasteiger partial charge in [-0.05, 0) is 84.6 Å². The first-order valence-electron chi connectivity index (χ1n) is 7.43. The highest BCUT2D eigenvalue weighted by molar-refractivity contribution is 4.92. The summed E-state index contributed by atoms with van der Waals surface area (Å²) in [4.78, 5) is 5.24. The van der Waals surface area contributed by atoms with Crippen LogP contribution in [0.3, 0.4) is 0 Å². The molecule has 0 bridgehead atoms. The van der Waals surface area contributed by atoms with Gasteiger partial charge in [0.15, 0.2) is 0 Å². The first-order valence-corrected chi connectivity index (χ1v) is 7.43. The summed E-state index contributed by atoms with van der Waals surface area (Å²) in [7, 11) is 2.26. The lowest BCUT2D eigenvalue weighted by Gasteiger charge is -2.49. The van der Waals surface area contributed by atoms with Gasteiger partial charge >= 0.3 is 0 Å². The molecule has 17 heavy (non-hydrogen) atoms. The summed E-state index contributed by atoms with van der Waals surface area (Å²) in [6.07, 6.45) is 5.57. The van der Waals surface area contributed by atoms with Gasteiger partial charge < -0.3 is 4.90 Å². The van der Waals surface area contributed by atoms with E-state index in [1.54, 1.807) is 0 Å². The summed E-state index contributed by atoms with van der Waals surface area (Å²) < 4.78 is 0. The Hall–Kier alpha value is -0.0800. The highest BCUT2D eigenvalue weighted by atomic mass is 15.2. The molecule has 0 aromatic heterocycles. The molecule has 0 saturated carbocycles. The SMILES string of the molecule is CC1CCN(C(C)(C)C2CCN(C)CC2)CC1. The van der Waals surface area contributed by atoms with Crippen molar-refractivity contribution in [3.8, 4) is 0 Å². The smallest absolute Gasteiger partial charge is 0.0182 e. The molecule has 2 nitrogen and oxygen atoms in total. The minimum absolute atomic E-state index is 0.418. The maximum atomic E-state index is 2.77. The molecule has 0 N–H and O–H groups in total. The number of hydrogen-bond donors (Lipinski definition) is 0. The second-order valence-corrected chi connectivity index (χ2v) is 6.90. The second kappa shape index (κ2) is 5.27. The fourth-order valence-electron chi connectivity index (χ4n) is 3.56. The molecular formula is C15H30N2. The van der Waals surface area contributed by atoms with Crippen molar-refractivity contribution in [2.24, 2.45) is 11.8 Å². The van der Waals surface area contributed by atoms with Gasteiger partial charge in [0, 0.05) is 5.54 Å². The first kappa shape index (κ1) is 13.4. The quantitative estimate of drug-likeness (QED) is 0.730. The van der Waals surface area contributed by atoms with E-state index in [0.717, 1.165) is 11.8 Å². The van der Waals surface area contributed by atoms with E-state index in [1.165, 1.54) is 51.9 Å². The van der Waals surface area contributed by atoms with Gasteiger partial charge in [0.05, 0.1) is 0 Å². The molecule has 0 atom stereocenters. The zero-order chi connectivity index (χ0) is 12.5. The van der Waals surface area contributed by atoms with Crippen LogP contribution in [-0.2, 0) is 0 Å². The van der Waals surface area contributed by atoms with Crippen LogP contribution in [0.2, 0.25) is 0 Å². The Kier molecular flexibility index (Phi) is 4.14. The summed E-state index contributed by atoms with van der Waals surface area (Å²) in [6.45, 7) is 12.6. The van der Waals surface area contributed by atoms with Crippen LogP contribution in [0.25, 0.3) is 0 Å². The monoisotopic (exact) mass is 238 g/mol. The Bertz CT molecular complexity index is 209. The van der Waals surface area contributed by atoms with Crippen LogP contribution in [0, 0.1) is 11.8 Å². The molecule has 2 heteroatoms. The van der Waals surface area contributed by atoms with E-state index in [2.05, 4.69) is 37.6 Å². The number of rotatable bonds is 2. The van der Waals surface area contributed by atoms with E-state index in [1.807, 2.05) is 0 Å². The predicted octanol–water partition coefficient (Wildman–Crippen LogP) is 2.84. The van der Waals surface area contributed by atoms with Crippen LogP contribution < -0.4 is 0 Å². The zero-order valence-electron chi connectivity index (χ0n) is 12.2. The molecule has 0 aromatic rings. The van der Waals surface area contributed by atoms with E-state index in [-0.39, 0.29) is 0 Å². The topological polar surface area (TPSA) is 6.48 Å². The van der Waals surface area contributed by atoms with Gasteiger partial charge in [-0.1, -0.05) is 6.92 Å². The highest BCUT2D eigenvalue weighted by Crippen LogP contribution is 2.34. The van der Waals surface area contributed by atoms with Crippen LogP contribution in [0.4, 0.5) is 0 Å². The molecule has 2 fully saturated rings. The Morgan fingerprint density at radius 2 is 1.41 bits per heavy atom. The zero-order valence-corrected chi connectivity index (χ0v) is 12.2. The van der Waals surface area contributed by atoms with Gasteiger partial charge in [-0.15, -0.1) is 0 Å². The average Bonchev–Trinajstić information content (AvgIpc) is 2.30. The summed E-state index contributed by atoms with van der Waals surface area (Å²) in [5, 5.41) is 0. The molecule has 0 aliphatic carbocycles. The molecule has 2 heterocycles. The average molecular weight is 238 g/mol. The van der Waals surface area contributed by atoms with Crippen LogP contribution >= 0.6 is 0 Å². The van der Waals surface area contributed by atoms with Gasteiger partial charge in [0.2, 0.25) is 0 Å². The summed E-state index contributed by atoms with van der Waals surface area (Å²) in [6, 6.07) is 0. The molecule has 0 spiro atoms. The first-order chi connectivity index (χ1) is 8.00. The van der Waals surface area contributed by atoms with Crippen molar-refractivity contribution in [1.82, 2.24) is 9.80 Å². The largest absolute Gasteiger partial charge is 0.306 e. The van der Waals surface area contributed by atoms with E-state index in [0.29, 0.717) is 5.54 Å². The molecule has 2 rings (SSSR count). The lowest BCUT2D eigenvalue weighted by Crippen LogP contribution is -2.54. The van der Waals surface area contributed by atoms with E-state index >= 15 is 0 Å². The Balaban J connectivity index is 1.93. The van der Waals surface area contributed by atoms with Crippen molar-refractivity contribution >= 4 is 0 Å². The maximum Gasteiger partial charge on any atom is 0.0182 e. The molecule has 2 saturated heterocycles. The van der Waals surface area contributed by atoms with E-state index in [4.69, 9.17) is 0 Å². The second-order valence-electron chi connectivity index (χ2n) is 6.90. The van der Waals surface area contributed by atoms with E-state index in [9.17, 15) is 0 Å². The molecule has 2 aliphatic rings. The molecule has 100 valence electrons. The lowest BCUT2D eigenvalue weighted by atomic mass is 9.78. The van der Waals surface area contributed by atoms with Crippen molar-refractivity contribution in [3.63, 3.8) is 0 Å². The Morgan fingerprint density at radius 1 is 0.882 bits per heavy atom. The number of likely N-dealkylation sites (tertiary alicyclic amines) is 2. The fraction of sp³-hybridized carbons (Fsp3) is 1.00. The number of hydrogen-bond acceptors (Lipinski definition) is 2. The minimum atomic E-state index is 0.418. The molecular weight excluding hydrogens is 208 g/mol. The fourth-order valence-corrected chi connectivity index (χ4v) is 3.56. The predicted molar refractivity (Wildman–Crippen MR) is 74.3 cm³/mol. The standard InChI is InChI=1S/C15H30N2/c1-13-5-11-17(12-6-13)15(2,3)14-7-9-16(4)10-8-14/h13-14H,5-12H2,1-4H3. The van der Waals surface area contributed by atoms with Crippen LogP contribution in [0.1, 0.15) is 46.5 Å². The van der Waals surface area contributed by atoms with Crippen molar-refractivity contribution < 1.29 is 0 Å². The highest BCUT2D eigenvalue weighted by Gasteiger charge is 2.37. The Labute approximate surface area is 107 Å². The summed E-state index contributed by atoms with van der Waals surface area (Å²) in [5.41, 5.74) is 0.418. The van der Waals surface area contributed by atoms with Gasteiger partial charge in [-0.3, -0.25) is 4.90 Å². The number of nitrogens with zero attached hydrogens (tertiary/aromatic N) is 2. The summed E-state index contributed by atoms with van der Waals surface area (Å²) in [5.74, 6) is 1.84. The minimum Gasteiger partial charge on any atom is -0.306 e. The normalized spacial score (nSPS) is 27.5. The van der Waals surface area contributed by atoms with E-state index < -0.39 is 0 Å². The number of piperidine rings is 2. The van der Waals surface area contributed by atoms with Crippen LogP contribution in [0.5, 0.6) is 0 Å². The van der Waals surface area contributed by atoms with Gasteiger partial charge in [-0.2, -0.15) is 0 Å². The van der Waals surface area contributed by atoms with Crippen molar-refractivity contribution in [2.75, 3.05) is 33.2 Å². The van der Waals surface area contributed by atoms with Crippen molar-refractivity contribution in [1.29, 1.82) is 0 Å². The molecule has 0 aromatic carbocycles. The summed E-state index contributed by atoms with van der Waals surface area (Å²) >= 11 is 0. The third-order valence-electron chi connectivity index (χ3n) is 5.32. The van der Waals surface area contributed by atoms with Gasteiger partial charge in [0.1, 0.15) is 0 Å². The molecule has 0 unspecified atom stereocenters.